The molecule has 21 heavy (non-hydrogen) atoms. The summed E-state index contributed by atoms with van der Waals surface area (Å²) >= 11 is 0. The van der Waals surface area contributed by atoms with Gasteiger partial charge in [0.05, 0.1) is 0 Å². The fourth-order valence-electron chi connectivity index (χ4n) is 3.01. The maximum absolute atomic E-state index is 13.9. The number of nitrogens with zero attached hydrogens (tertiary/aromatic N) is 2. The summed E-state index contributed by atoms with van der Waals surface area (Å²) in [7, 11) is 4.24. The van der Waals surface area contributed by atoms with E-state index in [-0.39, 0.29) is 5.82 Å². The van der Waals surface area contributed by atoms with Crippen molar-refractivity contribution in [2.24, 2.45) is 0 Å². The van der Waals surface area contributed by atoms with Crippen molar-refractivity contribution in [2.45, 2.75) is 38.8 Å². The molecule has 0 aliphatic carbocycles. The Kier molecular flexibility index (Phi) is 6.00. The Morgan fingerprint density at radius 1 is 1.38 bits per heavy atom. The Hall–Kier alpha value is -1.13. The first-order valence-electron chi connectivity index (χ1n) is 8.01. The van der Waals surface area contributed by atoms with Crippen molar-refractivity contribution in [1.82, 2.24) is 10.2 Å². The lowest BCUT2D eigenvalue weighted by molar-refractivity contribution is 0.248. The Bertz CT molecular complexity index is 450. The number of benzene rings is 1. The maximum atomic E-state index is 13.9. The molecular formula is C17H28FN3. The van der Waals surface area contributed by atoms with Gasteiger partial charge in [-0.2, -0.15) is 0 Å². The second-order valence-corrected chi connectivity index (χ2v) is 6.16. The molecule has 1 saturated heterocycles. The molecule has 0 bridgehead atoms. The van der Waals surface area contributed by atoms with Gasteiger partial charge in [-0.25, -0.2) is 4.39 Å². The van der Waals surface area contributed by atoms with Gasteiger partial charge < -0.3 is 15.1 Å². The first-order valence-corrected chi connectivity index (χ1v) is 8.01. The standard InChI is InChI=1S/C17H28FN3/c1-4-7-19-12-14-9-15(18)11-17(10-14)21(3)16-6-5-8-20(2)13-16/h9-11,16,19H,4-8,12-13H2,1-3H3. The largest absolute Gasteiger partial charge is 0.370 e. The molecule has 1 aliphatic rings. The first-order chi connectivity index (χ1) is 10.1. The van der Waals surface area contributed by atoms with Crippen molar-refractivity contribution in [3.05, 3.63) is 29.6 Å². The highest BCUT2D eigenvalue weighted by Gasteiger charge is 2.21. The molecule has 3 nitrogen and oxygen atoms in total. The second-order valence-electron chi connectivity index (χ2n) is 6.16. The summed E-state index contributed by atoms with van der Waals surface area (Å²) in [5, 5.41) is 3.34. The molecule has 1 aromatic carbocycles. The van der Waals surface area contributed by atoms with Crippen molar-refractivity contribution in [3.8, 4) is 0 Å². The highest BCUT2D eigenvalue weighted by molar-refractivity contribution is 5.49. The molecule has 0 spiro atoms. The molecule has 2 rings (SSSR count). The average molecular weight is 293 g/mol. The summed E-state index contributed by atoms with van der Waals surface area (Å²) in [5.74, 6) is -0.142. The molecule has 118 valence electrons. The topological polar surface area (TPSA) is 18.5 Å². The Labute approximate surface area is 128 Å². The van der Waals surface area contributed by atoms with Crippen LogP contribution >= 0.6 is 0 Å². The number of rotatable bonds is 6. The number of hydrogen-bond donors (Lipinski definition) is 1. The Balaban J connectivity index is 2.07. The molecule has 1 aliphatic heterocycles. The van der Waals surface area contributed by atoms with E-state index in [0.717, 1.165) is 37.3 Å². The van der Waals surface area contributed by atoms with Gasteiger partial charge in [0.25, 0.3) is 0 Å². The lowest BCUT2D eigenvalue weighted by Gasteiger charge is -2.37. The molecular weight excluding hydrogens is 265 g/mol. The van der Waals surface area contributed by atoms with E-state index >= 15 is 0 Å². The van der Waals surface area contributed by atoms with Gasteiger partial charge in [-0.1, -0.05) is 6.92 Å². The van der Waals surface area contributed by atoms with Crippen LogP contribution in [-0.2, 0) is 6.54 Å². The van der Waals surface area contributed by atoms with Gasteiger partial charge in [0, 0.05) is 31.9 Å². The number of anilines is 1. The zero-order valence-electron chi connectivity index (χ0n) is 13.5. The molecule has 1 unspecified atom stereocenters. The monoisotopic (exact) mass is 293 g/mol. The van der Waals surface area contributed by atoms with Crippen molar-refractivity contribution in [2.75, 3.05) is 38.6 Å². The molecule has 0 amide bonds. The van der Waals surface area contributed by atoms with Gasteiger partial charge >= 0.3 is 0 Å². The number of likely N-dealkylation sites (tertiary alicyclic amines) is 1. The lowest BCUT2D eigenvalue weighted by atomic mass is 10.0. The zero-order valence-corrected chi connectivity index (χ0v) is 13.5. The van der Waals surface area contributed by atoms with E-state index in [0.29, 0.717) is 6.04 Å². The van der Waals surface area contributed by atoms with Crippen molar-refractivity contribution >= 4 is 5.69 Å². The minimum atomic E-state index is -0.142. The number of hydrogen-bond acceptors (Lipinski definition) is 3. The van der Waals surface area contributed by atoms with Crippen LogP contribution in [0.3, 0.4) is 0 Å². The third-order valence-electron chi connectivity index (χ3n) is 4.25. The van der Waals surface area contributed by atoms with Gasteiger partial charge in [-0.15, -0.1) is 0 Å². The number of likely N-dealkylation sites (N-methyl/N-ethyl adjacent to an activating group) is 2. The van der Waals surface area contributed by atoms with Gasteiger partial charge in [-0.05, 0) is 63.2 Å². The van der Waals surface area contributed by atoms with Crippen LogP contribution in [0, 0.1) is 5.82 Å². The summed E-state index contributed by atoms with van der Waals surface area (Å²) < 4.78 is 13.9. The van der Waals surface area contributed by atoms with Crippen molar-refractivity contribution < 1.29 is 4.39 Å². The van der Waals surface area contributed by atoms with E-state index in [4.69, 9.17) is 0 Å². The van der Waals surface area contributed by atoms with Crippen molar-refractivity contribution in [1.29, 1.82) is 0 Å². The lowest BCUT2D eigenvalue weighted by Crippen LogP contribution is -2.45. The van der Waals surface area contributed by atoms with Crippen LogP contribution in [-0.4, -0.2) is 44.7 Å². The maximum Gasteiger partial charge on any atom is 0.125 e. The molecule has 4 heteroatoms. The molecule has 0 saturated carbocycles. The smallest absolute Gasteiger partial charge is 0.125 e. The average Bonchev–Trinajstić information content (AvgIpc) is 2.46. The molecule has 0 radical (unpaired) electrons. The minimum Gasteiger partial charge on any atom is -0.370 e. The van der Waals surface area contributed by atoms with Crippen LogP contribution in [0.2, 0.25) is 0 Å². The highest BCUT2D eigenvalue weighted by Crippen LogP contribution is 2.23. The second kappa shape index (κ2) is 7.76. The molecule has 1 atom stereocenters. The van der Waals surface area contributed by atoms with Crippen LogP contribution in [0.25, 0.3) is 0 Å². The van der Waals surface area contributed by atoms with Crippen LogP contribution in [0.4, 0.5) is 10.1 Å². The molecule has 1 N–H and O–H groups in total. The number of nitrogens with one attached hydrogen (secondary N) is 1. The Morgan fingerprint density at radius 2 is 2.19 bits per heavy atom. The molecule has 1 aromatic rings. The Morgan fingerprint density at radius 3 is 2.90 bits per heavy atom. The van der Waals surface area contributed by atoms with Crippen LogP contribution in [0.5, 0.6) is 0 Å². The quantitative estimate of drug-likeness (QED) is 0.814. The van der Waals surface area contributed by atoms with Gasteiger partial charge in [0.15, 0.2) is 0 Å². The fourth-order valence-corrected chi connectivity index (χ4v) is 3.01. The van der Waals surface area contributed by atoms with Crippen molar-refractivity contribution in [3.63, 3.8) is 0 Å². The summed E-state index contributed by atoms with van der Waals surface area (Å²) in [6, 6.07) is 5.87. The number of piperidine rings is 1. The van der Waals surface area contributed by atoms with Crippen LogP contribution in [0.15, 0.2) is 18.2 Å². The summed E-state index contributed by atoms with van der Waals surface area (Å²) in [5.41, 5.74) is 2.01. The van der Waals surface area contributed by atoms with E-state index in [1.165, 1.54) is 19.4 Å². The predicted octanol–water partition coefficient (Wildman–Crippen LogP) is 2.86. The van der Waals surface area contributed by atoms with Crippen LogP contribution < -0.4 is 10.2 Å². The van der Waals surface area contributed by atoms with E-state index < -0.39 is 0 Å². The van der Waals surface area contributed by atoms with E-state index in [1.54, 1.807) is 12.1 Å². The van der Waals surface area contributed by atoms with E-state index in [9.17, 15) is 4.39 Å². The normalized spacial score (nSPS) is 19.7. The van der Waals surface area contributed by atoms with Gasteiger partial charge in [0.1, 0.15) is 5.82 Å². The summed E-state index contributed by atoms with van der Waals surface area (Å²) in [4.78, 5) is 4.59. The summed E-state index contributed by atoms with van der Waals surface area (Å²) in [6.45, 7) is 6.06. The van der Waals surface area contributed by atoms with Crippen LogP contribution in [0.1, 0.15) is 31.7 Å². The molecule has 0 aromatic heterocycles. The van der Waals surface area contributed by atoms with Gasteiger partial charge in [-0.3, -0.25) is 0 Å². The highest BCUT2D eigenvalue weighted by atomic mass is 19.1. The fraction of sp³-hybridized carbons (Fsp3) is 0.647. The van der Waals surface area contributed by atoms with E-state index in [1.807, 2.05) is 0 Å². The van der Waals surface area contributed by atoms with E-state index in [2.05, 4.69) is 42.2 Å². The minimum absolute atomic E-state index is 0.142. The zero-order chi connectivity index (χ0) is 15.2. The predicted molar refractivity (Wildman–Crippen MR) is 87.3 cm³/mol. The third-order valence-corrected chi connectivity index (χ3v) is 4.25. The third kappa shape index (κ3) is 4.68. The summed E-state index contributed by atoms with van der Waals surface area (Å²) in [6.07, 6.45) is 3.49. The van der Waals surface area contributed by atoms with Gasteiger partial charge in [0.2, 0.25) is 0 Å². The first kappa shape index (κ1) is 16.2. The number of halogens is 1. The molecule has 1 heterocycles. The SMILES string of the molecule is CCCNCc1cc(F)cc(N(C)C2CCCN(C)C2)c1. The molecule has 1 fully saturated rings.